The maximum absolute atomic E-state index is 12.1. The second kappa shape index (κ2) is 7.36. The molecule has 5 nitrogen and oxygen atoms in total. The predicted molar refractivity (Wildman–Crippen MR) is 69.1 cm³/mol. The minimum absolute atomic E-state index is 0.0279. The minimum Gasteiger partial charge on any atom is -0.381 e. The van der Waals surface area contributed by atoms with Crippen molar-refractivity contribution < 1.29 is 14.3 Å². The monoisotopic (exact) mass is 256 g/mol. The largest absolute Gasteiger partial charge is 0.381 e. The van der Waals surface area contributed by atoms with Crippen molar-refractivity contribution in [3.8, 4) is 0 Å². The van der Waals surface area contributed by atoms with Crippen LogP contribution in [0.1, 0.15) is 33.6 Å². The molecule has 18 heavy (non-hydrogen) atoms. The number of amides is 2. The second-order valence-corrected chi connectivity index (χ2v) is 5.01. The maximum atomic E-state index is 12.1. The van der Waals surface area contributed by atoms with Crippen LogP contribution in [0.4, 0.5) is 0 Å². The number of carbonyl (C=O) groups is 2. The summed E-state index contributed by atoms with van der Waals surface area (Å²) in [4.78, 5) is 25.3. The number of hydrogen-bond donors (Lipinski definition) is 1. The number of piperazine rings is 1. The average Bonchev–Trinajstić information content (AvgIpc) is 2.32. The molecule has 0 radical (unpaired) electrons. The summed E-state index contributed by atoms with van der Waals surface area (Å²) >= 11 is 0. The fourth-order valence-corrected chi connectivity index (χ4v) is 1.97. The molecule has 1 heterocycles. The van der Waals surface area contributed by atoms with Crippen molar-refractivity contribution in [3.63, 3.8) is 0 Å². The summed E-state index contributed by atoms with van der Waals surface area (Å²) in [7, 11) is 0. The van der Waals surface area contributed by atoms with E-state index >= 15 is 0 Å². The summed E-state index contributed by atoms with van der Waals surface area (Å²) in [6, 6.07) is -0.372. The molecule has 0 spiro atoms. The first-order valence-electron chi connectivity index (χ1n) is 6.72. The predicted octanol–water partition coefficient (Wildman–Crippen LogP) is 0.786. The summed E-state index contributed by atoms with van der Waals surface area (Å²) < 4.78 is 5.37. The van der Waals surface area contributed by atoms with Crippen LogP contribution in [0.15, 0.2) is 0 Å². The molecule has 1 atom stereocenters. The molecular weight excluding hydrogens is 232 g/mol. The van der Waals surface area contributed by atoms with Crippen LogP contribution in [0.5, 0.6) is 0 Å². The van der Waals surface area contributed by atoms with Crippen molar-refractivity contribution in [2.45, 2.75) is 39.7 Å². The Morgan fingerprint density at radius 1 is 1.39 bits per heavy atom. The number of rotatable bonds is 7. The lowest BCUT2D eigenvalue weighted by molar-refractivity contribution is -0.145. The third-order valence-corrected chi connectivity index (χ3v) is 2.96. The average molecular weight is 256 g/mol. The molecule has 5 heteroatoms. The van der Waals surface area contributed by atoms with Gasteiger partial charge >= 0.3 is 0 Å². The van der Waals surface area contributed by atoms with E-state index in [1.165, 1.54) is 0 Å². The fraction of sp³-hybridized carbons (Fsp3) is 0.846. The van der Waals surface area contributed by atoms with Crippen LogP contribution >= 0.6 is 0 Å². The van der Waals surface area contributed by atoms with Crippen LogP contribution in [-0.2, 0) is 14.3 Å². The van der Waals surface area contributed by atoms with Gasteiger partial charge in [-0.25, -0.2) is 0 Å². The molecule has 1 aliphatic heterocycles. The van der Waals surface area contributed by atoms with Gasteiger partial charge in [-0.15, -0.1) is 0 Å². The Labute approximate surface area is 109 Å². The lowest BCUT2D eigenvalue weighted by Crippen LogP contribution is -2.59. The van der Waals surface area contributed by atoms with Crippen LogP contribution in [0.25, 0.3) is 0 Å². The third kappa shape index (κ3) is 4.29. The van der Waals surface area contributed by atoms with E-state index in [-0.39, 0.29) is 30.3 Å². The number of ether oxygens (including phenoxy) is 1. The maximum Gasteiger partial charge on any atom is 0.245 e. The molecule has 1 saturated heterocycles. The van der Waals surface area contributed by atoms with Crippen molar-refractivity contribution in [3.05, 3.63) is 0 Å². The zero-order valence-electron chi connectivity index (χ0n) is 11.6. The fourth-order valence-electron chi connectivity index (χ4n) is 1.97. The quantitative estimate of drug-likeness (QED) is 0.685. The van der Waals surface area contributed by atoms with Gasteiger partial charge in [-0.1, -0.05) is 20.8 Å². The van der Waals surface area contributed by atoms with Crippen LogP contribution in [-0.4, -0.2) is 49.1 Å². The van der Waals surface area contributed by atoms with Gasteiger partial charge in [0, 0.05) is 19.8 Å². The van der Waals surface area contributed by atoms with Gasteiger partial charge in [0.15, 0.2) is 0 Å². The Morgan fingerprint density at radius 2 is 2.11 bits per heavy atom. The van der Waals surface area contributed by atoms with Crippen molar-refractivity contribution in [1.82, 2.24) is 10.2 Å². The van der Waals surface area contributed by atoms with Gasteiger partial charge < -0.3 is 15.0 Å². The standard InChI is InChI=1S/C13H24N2O3/c1-4-7-18-8-5-6-15-9-11(16)14-12(10(2)3)13(15)17/h10,12H,4-9H2,1-3H3,(H,14,16). The molecule has 1 unspecified atom stereocenters. The van der Waals surface area contributed by atoms with Crippen molar-refractivity contribution >= 4 is 11.8 Å². The lowest BCUT2D eigenvalue weighted by atomic mass is 10.0. The highest BCUT2D eigenvalue weighted by molar-refractivity contribution is 5.94. The Hall–Kier alpha value is -1.10. The number of hydrogen-bond acceptors (Lipinski definition) is 3. The molecule has 1 rings (SSSR count). The van der Waals surface area contributed by atoms with Gasteiger partial charge in [-0.3, -0.25) is 9.59 Å². The highest BCUT2D eigenvalue weighted by Gasteiger charge is 2.33. The first kappa shape index (κ1) is 15.0. The van der Waals surface area contributed by atoms with Crippen LogP contribution < -0.4 is 5.32 Å². The second-order valence-electron chi connectivity index (χ2n) is 5.01. The third-order valence-electron chi connectivity index (χ3n) is 2.96. The molecule has 1 N–H and O–H groups in total. The van der Waals surface area contributed by atoms with E-state index in [2.05, 4.69) is 12.2 Å². The lowest BCUT2D eigenvalue weighted by Gasteiger charge is -2.34. The van der Waals surface area contributed by atoms with Gasteiger partial charge in [0.1, 0.15) is 6.04 Å². The first-order chi connectivity index (χ1) is 8.56. The molecule has 104 valence electrons. The number of nitrogens with zero attached hydrogens (tertiary/aromatic N) is 1. The molecule has 1 fully saturated rings. The smallest absolute Gasteiger partial charge is 0.245 e. The van der Waals surface area contributed by atoms with Gasteiger partial charge in [-0.2, -0.15) is 0 Å². The van der Waals surface area contributed by atoms with E-state index in [9.17, 15) is 9.59 Å². The Bertz CT molecular complexity index is 292. The number of nitrogens with one attached hydrogen (secondary N) is 1. The van der Waals surface area contributed by atoms with Gasteiger partial charge in [0.2, 0.25) is 11.8 Å². The molecule has 0 saturated carbocycles. The zero-order valence-corrected chi connectivity index (χ0v) is 11.6. The summed E-state index contributed by atoms with van der Waals surface area (Å²) in [6.07, 6.45) is 1.78. The van der Waals surface area contributed by atoms with Gasteiger partial charge in [0.05, 0.1) is 6.54 Å². The summed E-state index contributed by atoms with van der Waals surface area (Å²) in [6.45, 7) is 8.11. The van der Waals surface area contributed by atoms with Crippen LogP contribution in [0, 0.1) is 5.92 Å². The van der Waals surface area contributed by atoms with E-state index in [1.54, 1.807) is 4.90 Å². The summed E-state index contributed by atoms with van der Waals surface area (Å²) in [5.41, 5.74) is 0. The summed E-state index contributed by atoms with van der Waals surface area (Å²) in [5, 5.41) is 2.74. The molecule has 0 bridgehead atoms. The van der Waals surface area contributed by atoms with Gasteiger partial charge in [-0.05, 0) is 18.8 Å². The summed E-state index contributed by atoms with van der Waals surface area (Å²) in [5.74, 6) is 0.0865. The molecule has 1 aliphatic rings. The van der Waals surface area contributed by atoms with E-state index in [0.29, 0.717) is 13.2 Å². The molecule has 0 aromatic heterocycles. The Morgan fingerprint density at radius 3 is 2.72 bits per heavy atom. The van der Waals surface area contributed by atoms with Crippen molar-refractivity contribution in [2.24, 2.45) is 5.92 Å². The van der Waals surface area contributed by atoms with Crippen LogP contribution in [0.2, 0.25) is 0 Å². The van der Waals surface area contributed by atoms with E-state index < -0.39 is 0 Å². The minimum atomic E-state index is -0.372. The number of carbonyl (C=O) groups excluding carboxylic acids is 2. The van der Waals surface area contributed by atoms with Crippen molar-refractivity contribution in [1.29, 1.82) is 0 Å². The molecule has 0 aliphatic carbocycles. The Kier molecular flexibility index (Phi) is 6.12. The first-order valence-corrected chi connectivity index (χ1v) is 6.72. The molecular formula is C13H24N2O3. The molecule has 2 amide bonds. The normalized spacial score (nSPS) is 20.4. The topological polar surface area (TPSA) is 58.6 Å². The highest BCUT2D eigenvalue weighted by atomic mass is 16.5. The zero-order chi connectivity index (χ0) is 13.5. The van der Waals surface area contributed by atoms with Crippen molar-refractivity contribution in [2.75, 3.05) is 26.3 Å². The SMILES string of the molecule is CCCOCCCN1CC(=O)NC(C(C)C)C1=O. The molecule has 0 aromatic rings. The van der Waals surface area contributed by atoms with E-state index in [0.717, 1.165) is 19.4 Å². The van der Waals surface area contributed by atoms with E-state index in [1.807, 2.05) is 13.8 Å². The van der Waals surface area contributed by atoms with E-state index in [4.69, 9.17) is 4.74 Å². The Balaban J connectivity index is 2.39. The van der Waals surface area contributed by atoms with Crippen LogP contribution in [0.3, 0.4) is 0 Å². The molecule has 0 aromatic carbocycles. The van der Waals surface area contributed by atoms with Gasteiger partial charge in [0.25, 0.3) is 0 Å². The highest BCUT2D eigenvalue weighted by Crippen LogP contribution is 2.11.